The molecule has 0 spiro atoms. The lowest BCUT2D eigenvalue weighted by Crippen LogP contribution is -2.28. The Labute approximate surface area is 182 Å². The van der Waals surface area contributed by atoms with Gasteiger partial charge in [0.25, 0.3) is 5.91 Å². The fraction of sp³-hybridized carbons (Fsp3) is 0.120. The van der Waals surface area contributed by atoms with E-state index in [9.17, 15) is 10.1 Å². The Hall–Kier alpha value is -4.24. The summed E-state index contributed by atoms with van der Waals surface area (Å²) in [5, 5.41) is 12.4. The molecule has 3 N–H and O–H groups in total. The number of nitrogens with one attached hydrogen (secondary N) is 1. The third-order valence-corrected chi connectivity index (χ3v) is 4.69. The van der Waals surface area contributed by atoms with Gasteiger partial charge in [-0.15, -0.1) is 0 Å². The van der Waals surface area contributed by atoms with Crippen LogP contribution in [0.3, 0.4) is 0 Å². The molecule has 156 valence electrons. The number of nitrogen functional groups attached to an aromatic ring is 1. The van der Waals surface area contributed by atoms with Crippen LogP contribution in [0, 0.1) is 11.3 Å². The van der Waals surface area contributed by atoms with E-state index in [0.29, 0.717) is 18.7 Å². The zero-order valence-corrected chi connectivity index (χ0v) is 17.3. The molecule has 0 heterocycles. The van der Waals surface area contributed by atoms with Crippen LogP contribution in [0.25, 0.3) is 0 Å². The van der Waals surface area contributed by atoms with Gasteiger partial charge in [0.05, 0.1) is 7.11 Å². The first kappa shape index (κ1) is 21.5. The van der Waals surface area contributed by atoms with Gasteiger partial charge < -0.3 is 20.7 Å². The van der Waals surface area contributed by atoms with E-state index in [1.807, 2.05) is 72.8 Å². The molecule has 0 saturated carbocycles. The van der Waals surface area contributed by atoms with E-state index in [-0.39, 0.29) is 5.57 Å². The molecule has 0 radical (unpaired) electrons. The number of amides is 1. The standard InChI is InChI=1S/C25H24N4O2/c1-31-24-13-7-19(8-14-24)15-16-28-25(30)20(17-26)18-29(22-5-3-2-4-6-22)23-11-9-21(27)10-12-23/h2-14,18H,15-16,27H2,1H3,(H,28,30)/b20-18-. The van der Waals surface area contributed by atoms with Gasteiger partial charge in [-0.25, -0.2) is 0 Å². The number of benzene rings is 3. The lowest BCUT2D eigenvalue weighted by atomic mass is 10.1. The molecule has 0 aliphatic rings. The number of anilines is 3. The van der Waals surface area contributed by atoms with Crippen molar-refractivity contribution in [3.8, 4) is 11.8 Å². The van der Waals surface area contributed by atoms with Gasteiger partial charge >= 0.3 is 0 Å². The van der Waals surface area contributed by atoms with Crippen molar-refractivity contribution < 1.29 is 9.53 Å². The Morgan fingerprint density at radius 2 is 1.68 bits per heavy atom. The smallest absolute Gasteiger partial charge is 0.263 e. The van der Waals surface area contributed by atoms with Gasteiger partial charge in [-0.1, -0.05) is 30.3 Å². The molecule has 3 aromatic carbocycles. The number of hydrogen-bond acceptors (Lipinski definition) is 5. The van der Waals surface area contributed by atoms with Crippen molar-refractivity contribution in [2.45, 2.75) is 6.42 Å². The van der Waals surface area contributed by atoms with Gasteiger partial charge in [0.2, 0.25) is 0 Å². The highest BCUT2D eigenvalue weighted by Gasteiger charge is 2.14. The lowest BCUT2D eigenvalue weighted by Gasteiger charge is -2.21. The monoisotopic (exact) mass is 412 g/mol. The molecule has 6 heteroatoms. The molecule has 3 aromatic rings. The van der Waals surface area contributed by atoms with E-state index in [1.165, 1.54) is 0 Å². The van der Waals surface area contributed by atoms with Crippen LogP contribution in [0.5, 0.6) is 5.75 Å². The fourth-order valence-electron chi connectivity index (χ4n) is 3.00. The largest absolute Gasteiger partial charge is 0.497 e. The number of carbonyl (C=O) groups excluding carboxylic acids is 1. The van der Waals surface area contributed by atoms with E-state index in [0.717, 1.165) is 22.7 Å². The maximum atomic E-state index is 12.6. The second-order valence-corrected chi connectivity index (χ2v) is 6.81. The van der Waals surface area contributed by atoms with Gasteiger partial charge in [0.15, 0.2) is 0 Å². The van der Waals surface area contributed by atoms with Crippen LogP contribution in [0.2, 0.25) is 0 Å². The Kier molecular flexibility index (Phi) is 7.28. The average Bonchev–Trinajstić information content (AvgIpc) is 2.81. The van der Waals surface area contributed by atoms with E-state index in [2.05, 4.69) is 5.32 Å². The first-order chi connectivity index (χ1) is 15.1. The minimum absolute atomic E-state index is 0.00964. The lowest BCUT2D eigenvalue weighted by molar-refractivity contribution is -0.117. The molecule has 3 rings (SSSR count). The van der Waals surface area contributed by atoms with Gasteiger partial charge in [-0.2, -0.15) is 5.26 Å². The van der Waals surface area contributed by atoms with Crippen LogP contribution < -0.4 is 20.7 Å². The summed E-state index contributed by atoms with van der Waals surface area (Å²) in [5.74, 6) is 0.360. The average molecular weight is 412 g/mol. The minimum Gasteiger partial charge on any atom is -0.497 e. The molecule has 0 saturated heterocycles. The number of rotatable bonds is 8. The highest BCUT2D eigenvalue weighted by molar-refractivity contribution is 5.98. The third kappa shape index (κ3) is 5.87. The molecule has 0 unspecified atom stereocenters. The van der Waals surface area contributed by atoms with Gasteiger partial charge in [-0.05, 0) is 60.5 Å². The zero-order chi connectivity index (χ0) is 22.1. The summed E-state index contributed by atoms with van der Waals surface area (Å²) in [6, 6.07) is 26.4. The first-order valence-electron chi connectivity index (χ1n) is 9.83. The van der Waals surface area contributed by atoms with Crippen LogP contribution in [-0.2, 0) is 11.2 Å². The van der Waals surface area contributed by atoms with Gasteiger partial charge in [0.1, 0.15) is 17.4 Å². The topological polar surface area (TPSA) is 91.4 Å². The molecular formula is C25H24N4O2. The van der Waals surface area contributed by atoms with Gasteiger partial charge in [0, 0.05) is 29.8 Å². The second kappa shape index (κ2) is 10.5. The van der Waals surface area contributed by atoms with E-state index in [4.69, 9.17) is 10.5 Å². The summed E-state index contributed by atoms with van der Waals surface area (Å²) in [6.45, 7) is 0.414. The molecule has 0 atom stereocenters. The highest BCUT2D eigenvalue weighted by atomic mass is 16.5. The number of nitrogens with zero attached hydrogens (tertiary/aromatic N) is 2. The normalized spacial score (nSPS) is 10.8. The van der Waals surface area contributed by atoms with E-state index >= 15 is 0 Å². The van der Waals surface area contributed by atoms with Crippen molar-refractivity contribution in [2.24, 2.45) is 0 Å². The molecule has 0 fully saturated rings. The Morgan fingerprint density at radius 1 is 1.03 bits per heavy atom. The van der Waals surface area contributed by atoms with Crippen LogP contribution >= 0.6 is 0 Å². The Bertz CT molecular complexity index is 1070. The molecule has 0 aliphatic heterocycles. The maximum absolute atomic E-state index is 12.6. The molecule has 31 heavy (non-hydrogen) atoms. The Balaban J connectivity index is 1.74. The summed E-state index contributed by atoms with van der Waals surface area (Å²) in [7, 11) is 1.62. The highest BCUT2D eigenvalue weighted by Crippen LogP contribution is 2.27. The van der Waals surface area contributed by atoms with E-state index < -0.39 is 5.91 Å². The summed E-state index contributed by atoms with van der Waals surface area (Å²) >= 11 is 0. The molecule has 0 aromatic heterocycles. The minimum atomic E-state index is -0.424. The zero-order valence-electron chi connectivity index (χ0n) is 17.3. The summed E-state index contributed by atoms with van der Waals surface area (Å²) < 4.78 is 5.15. The third-order valence-electron chi connectivity index (χ3n) is 4.69. The number of nitriles is 1. The predicted octanol–water partition coefficient (Wildman–Crippen LogP) is 4.18. The SMILES string of the molecule is COc1ccc(CCNC(=O)/C(C#N)=C\N(c2ccccc2)c2ccc(N)cc2)cc1. The fourth-order valence-corrected chi connectivity index (χ4v) is 3.00. The van der Waals surface area contributed by atoms with Crippen molar-refractivity contribution in [3.63, 3.8) is 0 Å². The Morgan fingerprint density at radius 3 is 2.29 bits per heavy atom. The first-order valence-corrected chi connectivity index (χ1v) is 9.83. The van der Waals surface area contributed by atoms with Crippen molar-refractivity contribution in [2.75, 3.05) is 24.3 Å². The maximum Gasteiger partial charge on any atom is 0.263 e. The van der Waals surface area contributed by atoms with Crippen molar-refractivity contribution in [3.05, 3.63) is 96.2 Å². The number of para-hydroxylation sites is 1. The molecule has 1 amide bonds. The number of methoxy groups -OCH3 is 1. The van der Waals surface area contributed by atoms with Crippen LogP contribution in [0.1, 0.15) is 5.56 Å². The molecular weight excluding hydrogens is 388 g/mol. The van der Waals surface area contributed by atoms with Crippen molar-refractivity contribution in [1.29, 1.82) is 5.26 Å². The number of nitrogens with two attached hydrogens (primary N) is 1. The van der Waals surface area contributed by atoms with E-state index in [1.54, 1.807) is 30.3 Å². The predicted molar refractivity (Wildman–Crippen MR) is 123 cm³/mol. The van der Waals surface area contributed by atoms with Gasteiger partial charge in [-0.3, -0.25) is 4.79 Å². The van der Waals surface area contributed by atoms with Crippen LogP contribution in [-0.4, -0.2) is 19.6 Å². The molecule has 0 bridgehead atoms. The van der Waals surface area contributed by atoms with Crippen molar-refractivity contribution in [1.82, 2.24) is 5.32 Å². The number of carbonyl (C=O) groups is 1. The van der Waals surface area contributed by atoms with Crippen LogP contribution in [0.15, 0.2) is 90.6 Å². The van der Waals surface area contributed by atoms with Crippen molar-refractivity contribution >= 4 is 23.0 Å². The number of ether oxygens (including phenoxy) is 1. The summed E-state index contributed by atoms with van der Waals surface area (Å²) in [4.78, 5) is 14.4. The molecule has 0 aliphatic carbocycles. The van der Waals surface area contributed by atoms with Crippen LogP contribution in [0.4, 0.5) is 17.1 Å². The summed E-state index contributed by atoms with van der Waals surface area (Å²) in [6.07, 6.45) is 2.19. The molecule has 6 nitrogen and oxygen atoms in total. The number of hydrogen-bond donors (Lipinski definition) is 2. The summed E-state index contributed by atoms with van der Waals surface area (Å²) in [5.41, 5.74) is 9.13. The quantitative estimate of drug-likeness (QED) is 0.329. The second-order valence-electron chi connectivity index (χ2n) is 6.81.